The summed E-state index contributed by atoms with van der Waals surface area (Å²) in [6.45, 7) is 4.25. The van der Waals surface area contributed by atoms with Crippen LogP contribution in [0.5, 0.6) is 5.75 Å². The summed E-state index contributed by atoms with van der Waals surface area (Å²) in [6.07, 6.45) is 0. The van der Waals surface area contributed by atoms with E-state index in [1.54, 1.807) is 26.2 Å². The van der Waals surface area contributed by atoms with Gasteiger partial charge in [0.25, 0.3) is 5.91 Å². The second kappa shape index (κ2) is 8.13. The van der Waals surface area contributed by atoms with Crippen molar-refractivity contribution in [1.82, 2.24) is 10.0 Å². The van der Waals surface area contributed by atoms with Crippen molar-refractivity contribution in [1.29, 1.82) is 0 Å². The molecule has 25 heavy (non-hydrogen) atoms. The lowest BCUT2D eigenvalue weighted by Crippen LogP contribution is -2.25. The van der Waals surface area contributed by atoms with E-state index in [9.17, 15) is 13.2 Å². The van der Waals surface area contributed by atoms with E-state index in [1.807, 2.05) is 25.1 Å². The van der Waals surface area contributed by atoms with Crippen LogP contribution >= 0.6 is 0 Å². The Balaban J connectivity index is 2.11. The summed E-state index contributed by atoms with van der Waals surface area (Å²) < 4.78 is 31.7. The molecule has 1 amide bonds. The molecule has 6 nitrogen and oxygen atoms in total. The Morgan fingerprint density at radius 1 is 1.16 bits per heavy atom. The smallest absolute Gasteiger partial charge is 0.251 e. The molecule has 134 valence electrons. The maximum atomic E-state index is 12.3. The molecule has 0 fully saturated rings. The molecule has 0 radical (unpaired) electrons. The predicted octanol–water partition coefficient (Wildman–Crippen LogP) is 2.23. The van der Waals surface area contributed by atoms with Crippen molar-refractivity contribution in [2.24, 2.45) is 0 Å². The molecule has 2 rings (SSSR count). The van der Waals surface area contributed by atoms with E-state index in [1.165, 1.54) is 12.1 Å². The average Bonchev–Trinajstić information content (AvgIpc) is 2.60. The molecule has 0 aliphatic rings. The van der Waals surface area contributed by atoms with Gasteiger partial charge >= 0.3 is 0 Å². The minimum Gasteiger partial charge on any atom is -0.496 e. The van der Waals surface area contributed by atoms with Crippen LogP contribution in [0, 0.1) is 6.92 Å². The third-order valence-electron chi connectivity index (χ3n) is 3.67. The molecule has 0 unspecified atom stereocenters. The van der Waals surface area contributed by atoms with Crippen molar-refractivity contribution in [3.05, 3.63) is 59.2 Å². The second-order valence-corrected chi connectivity index (χ2v) is 7.28. The Morgan fingerprint density at radius 2 is 1.92 bits per heavy atom. The quantitative estimate of drug-likeness (QED) is 0.791. The van der Waals surface area contributed by atoms with Gasteiger partial charge in [-0.25, -0.2) is 13.1 Å². The van der Waals surface area contributed by atoms with Crippen LogP contribution in [0.1, 0.15) is 28.4 Å². The molecule has 2 aromatic carbocycles. The zero-order valence-electron chi connectivity index (χ0n) is 14.5. The van der Waals surface area contributed by atoms with Crippen molar-refractivity contribution in [3.63, 3.8) is 0 Å². The van der Waals surface area contributed by atoms with Crippen LogP contribution in [0.4, 0.5) is 0 Å². The van der Waals surface area contributed by atoms with Crippen LogP contribution in [0.2, 0.25) is 0 Å². The fourth-order valence-corrected chi connectivity index (χ4v) is 3.42. The maximum Gasteiger partial charge on any atom is 0.251 e. The highest BCUT2D eigenvalue weighted by Gasteiger charge is 2.15. The summed E-state index contributed by atoms with van der Waals surface area (Å²) in [6, 6.07) is 11.6. The minimum absolute atomic E-state index is 0.0685. The molecule has 0 spiro atoms. The van der Waals surface area contributed by atoms with Gasteiger partial charge in [-0.3, -0.25) is 4.79 Å². The first-order valence-corrected chi connectivity index (χ1v) is 9.37. The van der Waals surface area contributed by atoms with Gasteiger partial charge in [0.05, 0.1) is 12.0 Å². The van der Waals surface area contributed by atoms with Crippen molar-refractivity contribution in [2.75, 3.05) is 13.7 Å². The molecule has 0 heterocycles. The number of aryl methyl sites for hydroxylation is 1. The number of hydrogen-bond acceptors (Lipinski definition) is 4. The van der Waals surface area contributed by atoms with E-state index in [-0.39, 0.29) is 22.9 Å². The van der Waals surface area contributed by atoms with Gasteiger partial charge in [0.15, 0.2) is 0 Å². The molecule has 0 aliphatic carbocycles. The number of benzene rings is 2. The monoisotopic (exact) mass is 362 g/mol. The number of methoxy groups -OCH3 is 1. The Hall–Kier alpha value is -2.38. The van der Waals surface area contributed by atoms with Gasteiger partial charge in [-0.15, -0.1) is 0 Å². The number of nitrogens with one attached hydrogen (secondary N) is 2. The molecule has 0 aromatic heterocycles. The van der Waals surface area contributed by atoms with E-state index < -0.39 is 10.0 Å². The molecule has 2 aromatic rings. The molecular weight excluding hydrogens is 340 g/mol. The number of amides is 1. The summed E-state index contributed by atoms with van der Waals surface area (Å²) in [4.78, 5) is 12.4. The van der Waals surface area contributed by atoms with Gasteiger partial charge < -0.3 is 10.1 Å². The molecular formula is C18H22N2O4S. The van der Waals surface area contributed by atoms with Gasteiger partial charge in [0, 0.05) is 18.7 Å². The first-order valence-electron chi connectivity index (χ1n) is 7.89. The summed E-state index contributed by atoms with van der Waals surface area (Å²) in [7, 11) is -2.00. The summed E-state index contributed by atoms with van der Waals surface area (Å²) in [5.74, 6) is 0.415. The number of sulfonamides is 1. The molecule has 0 bridgehead atoms. The second-order valence-electron chi connectivity index (χ2n) is 5.52. The van der Waals surface area contributed by atoms with E-state index in [0.29, 0.717) is 6.54 Å². The largest absolute Gasteiger partial charge is 0.496 e. The Labute approximate surface area is 148 Å². The van der Waals surface area contributed by atoms with Gasteiger partial charge in [0.1, 0.15) is 5.75 Å². The summed E-state index contributed by atoms with van der Waals surface area (Å²) in [5.41, 5.74) is 2.20. The Morgan fingerprint density at radius 3 is 2.60 bits per heavy atom. The third kappa shape index (κ3) is 4.80. The first kappa shape index (κ1) is 19.0. The highest BCUT2D eigenvalue weighted by molar-refractivity contribution is 7.89. The molecule has 0 saturated heterocycles. The number of hydrogen-bond donors (Lipinski definition) is 2. The number of carbonyl (C=O) groups excluding carboxylic acids is 1. The van der Waals surface area contributed by atoms with Gasteiger partial charge in [0.2, 0.25) is 10.0 Å². The van der Waals surface area contributed by atoms with Gasteiger partial charge in [-0.2, -0.15) is 0 Å². The number of carbonyl (C=O) groups is 1. The zero-order valence-corrected chi connectivity index (χ0v) is 15.3. The summed E-state index contributed by atoms with van der Waals surface area (Å²) in [5, 5.41) is 2.79. The van der Waals surface area contributed by atoms with Crippen molar-refractivity contribution >= 4 is 15.9 Å². The zero-order chi connectivity index (χ0) is 18.4. The minimum atomic E-state index is -3.59. The van der Waals surface area contributed by atoms with E-state index >= 15 is 0 Å². The van der Waals surface area contributed by atoms with Crippen LogP contribution in [0.15, 0.2) is 47.4 Å². The average molecular weight is 362 g/mol. The SMILES string of the molecule is CCNS(=O)(=O)c1cccc(C(=O)NCc2ccc(C)c(OC)c2)c1. The maximum absolute atomic E-state index is 12.3. The lowest BCUT2D eigenvalue weighted by atomic mass is 10.1. The fourth-order valence-electron chi connectivity index (χ4n) is 2.34. The van der Waals surface area contributed by atoms with E-state index in [0.717, 1.165) is 16.9 Å². The molecule has 0 saturated carbocycles. The lowest BCUT2D eigenvalue weighted by Gasteiger charge is -2.10. The highest BCUT2D eigenvalue weighted by atomic mass is 32.2. The molecule has 2 N–H and O–H groups in total. The third-order valence-corrected chi connectivity index (χ3v) is 5.21. The fraction of sp³-hybridized carbons (Fsp3) is 0.278. The Kier molecular flexibility index (Phi) is 6.17. The van der Waals surface area contributed by atoms with Gasteiger partial charge in [-0.05, 0) is 42.3 Å². The Bertz CT molecular complexity index is 863. The van der Waals surface area contributed by atoms with Crippen LogP contribution in [-0.2, 0) is 16.6 Å². The highest BCUT2D eigenvalue weighted by Crippen LogP contribution is 2.19. The number of ether oxygens (including phenoxy) is 1. The van der Waals surface area contributed by atoms with E-state index in [2.05, 4.69) is 10.0 Å². The van der Waals surface area contributed by atoms with Crippen LogP contribution in [0.25, 0.3) is 0 Å². The van der Waals surface area contributed by atoms with Crippen LogP contribution in [-0.4, -0.2) is 28.0 Å². The molecule has 0 atom stereocenters. The van der Waals surface area contributed by atoms with Crippen LogP contribution in [0.3, 0.4) is 0 Å². The predicted molar refractivity (Wildman–Crippen MR) is 96.2 cm³/mol. The topological polar surface area (TPSA) is 84.5 Å². The first-order chi connectivity index (χ1) is 11.9. The normalized spacial score (nSPS) is 11.2. The molecule has 0 aliphatic heterocycles. The van der Waals surface area contributed by atoms with E-state index in [4.69, 9.17) is 4.74 Å². The van der Waals surface area contributed by atoms with Crippen LogP contribution < -0.4 is 14.8 Å². The molecule has 7 heteroatoms. The standard InChI is InChI=1S/C18H22N2O4S/c1-4-20-25(22,23)16-7-5-6-15(11-16)18(21)19-12-14-9-8-13(2)17(10-14)24-3/h5-11,20H,4,12H2,1-3H3,(H,19,21). The van der Waals surface area contributed by atoms with Crippen molar-refractivity contribution < 1.29 is 17.9 Å². The summed E-state index contributed by atoms with van der Waals surface area (Å²) >= 11 is 0. The lowest BCUT2D eigenvalue weighted by molar-refractivity contribution is 0.0950. The van der Waals surface area contributed by atoms with Crippen molar-refractivity contribution in [2.45, 2.75) is 25.3 Å². The van der Waals surface area contributed by atoms with Crippen molar-refractivity contribution in [3.8, 4) is 5.75 Å². The number of rotatable bonds is 7. The van der Waals surface area contributed by atoms with Gasteiger partial charge in [-0.1, -0.05) is 25.1 Å².